The van der Waals surface area contributed by atoms with E-state index in [-0.39, 0.29) is 17.5 Å². The molecule has 1 aliphatic rings. The van der Waals surface area contributed by atoms with Gasteiger partial charge >= 0.3 is 0 Å². The number of nitrogens with zero attached hydrogens (tertiary/aromatic N) is 2. The Morgan fingerprint density at radius 1 is 1.30 bits per heavy atom. The molecule has 0 radical (unpaired) electrons. The van der Waals surface area contributed by atoms with E-state index in [1.807, 2.05) is 12.1 Å². The Balaban J connectivity index is 1.42. The Morgan fingerprint density at radius 2 is 2.17 bits per heavy atom. The van der Waals surface area contributed by atoms with E-state index < -0.39 is 15.9 Å². The SMILES string of the molecule is O=C(NCc1cccc(Cl)c1)C1CCCN(S(=O)(=O)c2ccc(-c3ccn[nH]3)o2)C1. The maximum absolute atomic E-state index is 13.0. The molecule has 158 valence electrons. The second-order valence-corrected chi connectivity index (χ2v) is 9.44. The molecule has 8 nitrogen and oxygen atoms in total. The van der Waals surface area contributed by atoms with Gasteiger partial charge in [0.2, 0.25) is 11.0 Å². The van der Waals surface area contributed by atoms with E-state index in [9.17, 15) is 13.2 Å². The van der Waals surface area contributed by atoms with Gasteiger partial charge in [0, 0.05) is 30.9 Å². The molecular weight excluding hydrogens is 428 g/mol. The highest BCUT2D eigenvalue weighted by Crippen LogP contribution is 2.28. The minimum Gasteiger partial charge on any atom is -0.442 e. The van der Waals surface area contributed by atoms with Gasteiger partial charge < -0.3 is 9.73 Å². The number of halogens is 1. The average molecular weight is 449 g/mol. The molecule has 1 atom stereocenters. The molecule has 10 heteroatoms. The number of sulfonamides is 1. The lowest BCUT2D eigenvalue weighted by molar-refractivity contribution is -0.126. The number of rotatable bonds is 6. The van der Waals surface area contributed by atoms with E-state index in [2.05, 4.69) is 15.5 Å². The van der Waals surface area contributed by atoms with Crippen molar-refractivity contribution in [3.63, 3.8) is 0 Å². The van der Waals surface area contributed by atoms with Crippen molar-refractivity contribution < 1.29 is 17.6 Å². The first-order chi connectivity index (χ1) is 14.4. The summed E-state index contributed by atoms with van der Waals surface area (Å²) in [4.78, 5) is 12.6. The van der Waals surface area contributed by atoms with Crippen molar-refractivity contribution >= 4 is 27.5 Å². The van der Waals surface area contributed by atoms with Gasteiger partial charge in [0.05, 0.1) is 5.92 Å². The number of H-pyrrole nitrogens is 1. The fraction of sp³-hybridized carbons (Fsp3) is 0.300. The van der Waals surface area contributed by atoms with Crippen LogP contribution >= 0.6 is 11.6 Å². The minimum atomic E-state index is -3.84. The first kappa shape index (κ1) is 20.6. The Labute approximate surface area is 179 Å². The smallest absolute Gasteiger partial charge is 0.276 e. The summed E-state index contributed by atoms with van der Waals surface area (Å²) in [5, 5.41) is 9.91. The Hall–Kier alpha value is -2.62. The zero-order valence-corrected chi connectivity index (χ0v) is 17.6. The third kappa shape index (κ3) is 4.43. The van der Waals surface area contributed by atoms with Crippen molar-refractivity contribution in [2.75, 3.05) is 13.1 Å². The van der Waals surface area contributed by atoms with Crippen LogP contribution in [0.3, 0.4) is 0 Å². The number of carbonyl (C=O) groups is 1. The minimum absolute atomic E-state index is 0.115. The highest BCUT2D eigenvalue weighted by atomic mass is 35.5. The predicted octanol–water partition coefficient (Wildman–Crippen LogP) is 3.04. The number of aromatic amines is 1. The number of benzene rings is 1. The standard InChI is InChI=1S/C20H21ClN4O4S/c21-16-5-1-3-14(11-16)12-22-20(26)15-4-2-10-25(13-15)30(27,28)19-7-6-18(29-19)17-8-9-23-24-17/h1,3,5-9,11,15H,2,4,10,12-13H2,(H,22,26)(H,23,24). The van der Waals surface area contributed by atoms with E-state index in [1.165, 1.54) is 10.4 Å². The normalized spacial score (nSPS) is 17.7. The van der Waals surface area contributed by atoms with E-state index >= 15 is 0 Å². The molecule has 3 aromatic rings. The highest BCUT2D eigenvalue weighted by molar-refractivity contribution is 7.89. The molecule has 0 saturated carbocycles. The third-order valence-corrected chi connectivity index (χ3v) is 7.03. The summed E-state index contributed by atoms with van der Waals surface area (Å²) in [6, 6.07) is 11.9. The van der Waals surface area contributed by atoms with Gasteiger partial charge in [-0.05, 0) is 48.7 Å². The third-order valence-electron chi connectivity index (χ3n) is 5.05. The van der Waals surface area contributed by atoms with Gasteiger partial charge in [0.25, 0.3) is 10.0 Å². The molecule has 1 amide bonds. The summed E-state index contributed by atoms with van der Waals surface area (Å²) in [5.41, 5.74) is 1.48. The van der Waals surface area contributed by atoms with Crippen LogP contribution in [0.5, 0.6) is 0 Å². The van der Waals surface area contributed by atoms with Crippen LogP contribution in [0.2, 0.25) is 5.02 Å². The van der Waals surface area contributed by atoms with Crippen LogP contribution in [-0.2, 0) is 21.4 Å². The van der Waals surface area contributed by atoms with Crippen LogP contribution in [0.25, 0.3) is 11.5 Å². The summed E-state index contributed by atoms with van der Waals surface area (Å²) in [6.45, 7) is 0.804. The molecule has 1 fully saturated rings. The van der Waals surface area contributed by atoms with Crippen LogP contribution in [0, 0.1) is 5.92 Å². The van der Waals surface area contributed by atoms with Gasteiger partial charge in [0.1, 0.15) is 5.69 Å². The van der Waals surface area contributed by atoms with Gasteiger partial charge in [-0.2, -0.15) is 9.40 Å². The van der Waals surface area contributed by atoms with Crippen LogP contribution < -0.4 is 5.32 Å². The van der Waals surface area contributed by atoms with Gasteiger partial charge in [0.15, 0.2) is 5.76 Å². The monoisotopic (exact) mass is 448 g/mol. The van der Waals surface area contributed by atoms with Crippen molar-refractivity contribution in [3.8, 4) is 11.5 Å². The summed E-state index contributed by atoms with van der Waals surface area (Å²) < 4.78 is 32.9. The zero-order valence-electron chi connectivity index (χ0n) is 16.0. The molecule has 1 saturated heterocycles. The molecule has 30 heavy (non-hydrogen) atoms. The van der Waals surface area contributed by atoms with Crippen molar-refractivity contribution in [1.82, 2.24) is 19.8 Å². The molecule has 2 N–H and O–H groups in total. The number of furan rings is 1. The molecule has 0 spiro atoms. The van der Waals surface area contributed by atoms with Gasteiger partial charge in [-0.15, -0.1) is 0 Å². The van der Waals surface area contributed by atoms with E-state index in [1.54, 1.807) is 30.5 Å². The maximum Gasteiger partial charge on any atom is 0.276 e. The lowest BCUT2D eigenvalue weighted by Crippen LogP contribution is -2.45. The second kappa shape index (κ2) is 8.63. The van der Waals surface area contributed by atoms with Crippen LogP contribution in [0.4, 0.5) is 0 Å². The van der Waals surface area contributed by atoms with Gasteiger partial charge in [-0.3, -0.25) is 9.89 Å². The Morgan fingerprint density at radius 3 is 2.93 bits per heavy atom. The second-order valence-electron chi connectivity index (χ2n) is 7.14. The largest absolute Gasteiger partial charge is 0.442 e. The molecule has 1 unspecified atom stereocenters. The lowest BCUT2D eigenvalue weighted by Gasteiger charge is -2.30. The molecular formula is C20H21ClN4O4S. The van der Waals surface area contributed by atoms with Crippen molar-refractivity contribution in [3.05, 3.63) is 59.2 Å². The molecule has 3 heterocycles. The fourth-order valence-electron chi connectivity index (χ4n) is 3.48. The van der Waals surface area contributed by atoms with E-state index in [0.717, 1.165) is 5.56 Å². The van der Waals surface area contributed by atoms with Crippen molar-refractivity contribution in [1.29, 1.82) is 0 Å². The van der Waals surface area contributed by atoms with E-state index in [4.69, 9.17) is 16.0 Å². The molecule has 0 bridgehead atoms. The summed E-state index contributed by atoms with van der Waals surface area (Å²) >= 11 is 5.97. The van der Waals surface area contributed by atoms with Crippen LogP contribution in [-0.4, -0.2) is 41.9 Å². The van der Waals surface area contributed by atoms with Crippen molar-refractivity contribution in [2.24, 2.45) is 5.92 Å². The maximum atomic E-state index is 13.0. The Bertz CT molecular complexity index is 1130. The van der Waals surface area contributed by atoms with Crippen LogP contribution in [0.15, 0.2) is 58.2 Å². The molecule has 2 aromatic heterocycles. The number of amides is 1. The zero-order chi connectivity index (χ0) is 21.1. The first-order valence-corrected chi connectivity index (χ1v) is 11.4. The highest BCUT2D eigenvalue weighted by Gasteiger charge is 2.35. The van der Waals surface area contributed by atoms with Crippen LogP contribution in [0.1, 0.15) is 18.4 Å². The number of nitrogens with one attached hydrogen (secondary N) is 2. The summed E-state index contributed by atoms with van der Waals surface area (Å²) in [5.74, 6) is -0.207. The summed E-state index contributed by atoms with van der Waals surface area (Å²) in [6.07, 6.45) is 2.79. The number of piperidine rings is 1. The molecule has 1 aliphatic heterocycles. The topological polar surface area (TPSA) is 108 Å². The molecule has 1 aromatic carbocycles. The van der Waals surface area contributed by atoms with Gasteiger partial charge in [-0.1, -0.05) is 23.7 Å². The van der Waals surface area contributed by atoms with Crippen molar-refractivity contribution in [2.45, 2.75) is 24.5 Å². The molecule has 0 aliphatic carbocycles. The number of hydrogen-bond acceptors (Lipinski definition) is 5. The quantitative estimate of drug-likeness (QED) is 0.602. The molecule has 4 rings (SSSR count). The first-order valence-electron chi connectivity index (χ1n) is 9.55. The average Bonchev–Trinajstić information content (AvgIpc) is 3.44. The Kier molecular flexibility index (Phi) is 5.94. The number of carbonyl (C=O) groups excluding carboxylic acids is 1. The number of aromatic nitrogens is 2. The van der Waals surface area contributed by atoms with Gasteiger partial charge in [-0.25, -0.2) is 8.42 Å². The predicted molar refractivity (Wildman–Crippen MR) is 111 cm³/mol. The van der Waals surface area contributed by atoms with E-state index in [0.29, 0.717) is 42.4 Å². The summed E-state index contributed by atoms with van der Waals surface area (Å²) in [7, 11) is -3.84. The lowest BCUT2D eigenvalue weighted by atomic mass is 9.99. The number of hydrogen-bond donors (Lipinski definition) is 2. The fourth-order valence-corrected chi connectivity index (χ4v) is 5.13.